The zero-order chi connectivity index (χ0) is 16.8. The first-order chi connectivity index (χ1) is 10.8. The van der Waals surface area contributed by atoms with Crippen molar-refractivity contribution in [3.63, 3.8) is 0 Å². The average Bonchev–Trinajstić information content (AvgIpc) is 2.45. The summed E-state index contributed by atoms with van der Waals surface area (Å²) in [5.41, 5.74) is -1.09. The second-order valence-corrected chi connectivity index (χ2v) is 5.14. The molecule has 122 valence electrons. The number of hydrogen-bond acceptors (Lipinski definition) is 4. The minimum absolute atomic E-state index is 0.0855. The van der Waals surface area contributed by atoms with Crippen molar-refractivity contribution in [1.82, 2.24) is 0 Å². The molecule has 23 heavy (non-hydrogen) atoms. The Morgan fingerprint density at radius 1 is 1.35 bits per heavy atom. The van der Waals surface area contributed by atoms with Crippen molar-refractivity contribution in [1.29, 1.82) is 0 Å². The van der Waals surface area contributed by atoms with E-state index < -0.39 is 35.3 Å². The minimum Gasteiger partial charge on any atom is -0.481 e. The fraction of sp³-hybridized carbons (Fsp3) is 0.231. The van der Waals surface area contributed by atoms with E-state index in [1.807, 2.05) is 0 Å². The number of allylic oxidation sites excluding steroid dienone is 1. The summed E-state index contributed by atoms with van der Waals surface area (Å²) in [5, 5.41) is 1.83. The molecule has 2 aliphatic rings. The molecule has 1 aromatic rings. The Kier molecular flexibility index (Phi) is 3.67. The van der Waals surface area contributed by atoms with Crippen LogP contribution in [0, 0.1) is 5.82 Å². The first kappa shape index (κ1) is 15.6. The number of hydrogen-bond donors (Lipinski definition) is 1. The fourth-order valence-electron chi connectivity index (χ4n) is 2.14. The maximum absolute atomic E-state index is 14.1. The van der Waals surface area contributed by atoms with Crippen LogP contribution < -0.4 is 15.0 Å². The number of fused-ring (bicyclic) bond motifs is 1. The molecule has 5 nitrogen and oxygen atoms in total. The molecule has 2 heterocycles. The van der Waals surface area contributed by atoms with Gasteiger partial charge in [-0.2, -0.15) is 13.2 Å². The van der Waals surface area contributed by atoms with E-state index in [0.29, 0.717) is 0 Å². The van der Waals surface area contributed by atoms with Crippen LogP contribution in [0.1, 0.15) is 0 Å². The largest absolute Gasteiger partial charge is 0.481 e. The molecule has 0 fully saturated rings. The number of anilines is 2. The number of halogens is 5. The number of nitrogens with zero attached hydrogens (tertiary/aromatic N) is 2. The molecule has 0 bridgehead atoms. The van der Waals surface area contributed by atoms with Crippen LogP contribution in [0.3, 0.4) is 0 Å². The number of benzene rings is 1. The molecular weight excluding hydrogens is 342 g/mol. The molecule has 1 amide bonds. The second kappa shape index (κ2) is 5.41. The maximum Gasteiger partial charge on any atom is 0.434 e. The summed E-state index contributed by atoms with van der Waals surface area (Å²) < 4.78 is 57.2. The summed E-state index contributed by atoms with van der Waals surface area (Å²) in [7, 11) is 0. The van der Waals surface area contributed by atoms with Crippen molar-refractivity contribution in [3.8, 4) is 5.75 Å². The third kappa shape index (κ3) is 2.96. The Hall–Kier alpha value is -2.29. The third-order valence-electron chi connectivity index (χ3n) is 3.14. The number of aliphatic imine (C=N–C) groups is 1. The lowest BCUT2D eigenvalue weighted by atomic mass is 10.2. The summed E-state index contributed by atoms with van der Waals surface area (Å²) in [6.45, 7) is -0.698. The molecule has 0 atom stereocenters. The third-order valence-corrected chi connectivity index (χ3v) is 3.41. The normalized spacial score (nSPS) is 17.8. The van der Waals surface area contributed by atoms with E-state index in [0.717, 1.165) is 17.2 Å². The van der Waals surface area contributed by atoms with Gasteiger partial charge in [0.15, 0.2) is 18.1 Å². The Bertz CT molecular complexity index is 745. The summed E-state index contributed by atoms with van der Waals surface area (Å²) in [5.74, 6) is -1.02. The van der Waals surface area contributed by atoms with Crippen LogP contribution in [0.25, 0.3) is 0 Å². The van der Waals surface area contributed by atoms with Gasteiger partial charge >= 0.3 is 6.18 Å². The van der Waals surface area contributed by atoms with Crippen molar-refractivity contribution in [2.45, 2.75) is 6.18 Å². The zero-order valence-electron chi connectivity index (χ0n) is 11.2. The monoisotopic (exact) mass is 349 g/mol. The highest BCUT2D eigenvalue weighted by Crippen LogP contribution is 2.36. The Morgan fingerprint density at radius 3 is 2.74 bits per heavy atom. The number of nitrogens with one attached hydrogen (secondary N) is 1. The van der Waals surface area contributed by atoms with Gasteiger partial charge in [0.2, 0.25) is 0 Å². The Morgan fingerprint density at radius 2 is 2.09 bits per heavy atom. The van der Waals surface area contributed by atoms with E-state index in [9.17, 15) is 22.4 Å². The minimum atomic E-state index is -4.68. The van der Waals surface area contributed by atoms with Crippen LogP contribution in [-0.2, 0) is 4.79 Å². The summed E-state index contributed by atoms with van der Waals surface area (Å²) >= 11 is 5.58. The first-order valence-corrected chi connectivity index (χ1v) is 6.65. The van der Waals surface area contributed by atoms with Crippen molar-refractivity contribution < 1.29 is 27.1 Å². The van der Waals surface area contributed by atoms with Gasteiger partial charge in [0.05, 0.1) is 16.4 Å². The highest BCUT2D eigenvalue weighted by Gasteiger charge is 2.39. The SMILES string of the molecule is O=C1COc2cc(F)c(N3C=C(Cl)C(C(F)(F)F)=NC3)cc2N1. The molecule has 0 saturated carbocycles. The van der Waals surface area contributed by atoms with Gasteiger partial charge in [-0.1, -0.05) is 11.6 Å². The summed E-state index contributed by atoms with van der Waals surface area (Å²) in [6, 6.07) is 2.28. The molecule has 0 aromatic heterocycles. The number of rotatable bonds is 1. The number of carbonyl (C=O) groups excluding carboxylic acids is 1. The number of carbonyl (C=O) groups is 1. The molecule has 0 saturated heterocycles. The van der Waals surface area contributed by atoms with Gasteiger partial charge in [0.25, 0.3) is 5.91 Å². The fourth-order valence-corrected chi connectivity index (χ4v) is 2.43. The van der Waals surface area contributed by atoms with Gasteiger partial charge in [-0.3, -0.25) is 9.79 Å². The molecule has 0 aliphatic carbocycles. The van der Waals surface area contributed by atoms with Gasteiger partial charge in [0, 0.05) is 12.3 Å². The molecule has 0 unspecified atom stereocenters. The lowest BCUT2D eigenvalue weighted by molar-refractivity contribution is -0.118. The quantitative estimate of drug-likeness (QED) is 0.793. The molecule has 0 spiro atoms. The number of amides is 1. The van der Waals surface area contributed by atoms with E-state index in [2.05, 4.69) is 10.3 Å². The van der Waals surface area contributed by atoms with Crippen molar-refractivity contribution in [2.24, 2.45) is 4.99 Å². The first-order valence-electron chi connectivity index (χ1n) is 6.28. The van der Waals surface area contributed by atoms with Gasteiger partial charge < -0.3 is 15.0 Å². The molecule has 1 N–H and O–H groups in total. The Labute approximate surface area is 132 Å². The zero-order valence-corrected chi connectivity index (χ0v) is 12.0. The van der Waals surface area contributed by atoms with Crippen LogP contribution in [0.15, 0.2) is 28.4 Å². The van der Waals surface area contributed by atoms with E-state index in [1.165, 1.54) is 6.07 Å². The topological polar surface area (TPSA) is 53.9 Å². The molecule has 1 aromatic carbocycles. The van der Waals surface area contributed by atoms with E-state index in [1.54, 1.807) is 0 Å². The standard InChI is InChI=1S/C13H8ClF4N3O2/c14-6-3-21(5-19-12(6)13(16,17)18)9-2-8-10(1-7(9)15)23-4-11(22)20-8/h1-3H,4-5H2,(H,20,22). The average molecular weight is 350 g/mol. The molecular formula is C13H8ClF4N3O2. The maximum atomic E-state index is 14.1. The Balaban J connectivity index is 1.94. The van der Waals surface area contributed by atoms with E-state index in [-0.39, 0.29) is 23.7 Å². The van der Waals surface area contributed by atoms with Gasteiger partial charge in [-0.05, 0) is 6.07 Å². The van der Waals surface area contributed by atoms with Crippen LogP contribution in [0.2, 0.25) is 0 Å². The summed E-state index contributed by atoms with van der Waals surface area (Å²) in [6.07, 6.45) is -3.75. The molecule has 10 heteroatoms. The van der Waals surface area contributed by atoms with Crippen LogP contribution >= 0.6 is 11.6 Å². The highest BCUT2D eigenvalue weighted by molar-refractivity contribution is 6.44. The van der Waals surface area contributed by atoms with Crippen LogP contribution in [-0.4, -0.2) is 31.1 Å². The summed E-state index contributed by atoms with van der Waals surface area (Å²) in [4.78, 5) is 15.7. The highest BCUT2D eigenvalue weighted by atomic mass is 35.5. The lowest BCUT2D eigenvalue weighted by Gasteiger charge is -2.26. The lowest BCUT2D eigenvalue weighted by Crippen LogP contribution is -2.32. The van der Waals surface area contributed by atoms with Crippen LogP contribution in [0.5, 0.6) is 5.75 Å². The van der Waals surface area contributed by atoms with E-state index >= 15 is 0 Å². The van der Waals surface area contributed by atoms with Crippen molar-refractivity contribution in [2.75, 3.05) is 23.5 Å². The molecule has 2 aliphatic heterocycles. The smallest absolute Gasteiger partial charge is 0.434 e. The van der Waals surface area contributed by atoms with E-state index in [4.69, 9.17) is 16.3 Å². The van der Waals surface area contributed by atoms with Gasteiger partial charge in [-0.25, -0.2) is 4.39 Å². The second-order valence-electron chi connectivity index (χ2n) is 4.73. The number of ether oxygens (including phenoxy) is 1. The van der Waals surface area contributed by atoms with Crippen molar-refractivity contribution in [3.05, 3.63) is 29.2 Å². The molecule has 0 radical (unpaired) electrons. The van der Waals surface area contributed by atoms with Crippen LogP contribution in [0.4, 0.5) is 28.9 Å². The molecule has 3 rings (SSSR count). The predicted molar refractivity (Wildman–Crippen MR) is 75.3 cm³/mol. The van der Waals surface area contributed by atoms with Gasteiger partial charge in [0.1, 0.15) is 12.4 Å². The van der Waals surface area contributed by atoms with Gasteiger partial charge in [-0.15, -0.1) is 0 Å². The predicted octanol–water partition coefficient (Wildman–Crippen LogP) is 3.02. The van der Waals surface area contributed by atoms with Crippen molar-refractivity contribution >= 4 is 34.6 Å². The number of alkyl halides is 3.